The number of esters is 3. The van der Waals surface area contributed by atoms with E-state index in [1.54, 1.807) is 51.9 Å². The maximum atomic E-state index is 13.7. The van der Waals surface area contributed by atoms with Gasteiger partial charge in [-0.15, -0.1) is 0 Å². The first-order chi connectivity index (χ1) is 27.5. The van der Waals surface area contributed by atoms with Crippen LogP contribution in [0.25, 0.3) is 0 Å². The minimum atomic E-state index is -1.37. The molecule has 3 N–H and O–H groups in total. The van der Waals surface area contributed by atoms with Crippen LogP contribution in [0.3, 0.4) is 0 Å². The van der Waals surface area contributed by atoms with Crippen LogP contribution in [0.4, 0.5) is 0 Å². The lowest BCUT2D eigenvalue weighted by atomic mass is 9.82. The molecule has 1 aromatic rings. The number of rotatable bonds is 14. The average Bonchev–Trinajstić information content (AvgIpc) is 3.15. The fraction of sp³-hybridized carbons (Fsp3) is 0.721. The number of aryl methyl sites for hydroxylation is 1. The lowest BCUT2D eigenvalue weighted by Gasteiger charge is -2.47. The van der Waals surface area contributed by atoms with E-state index < -0.39 is 109 Å². The number of carbonyl (C=O) groups excluding carboxylic acids is 4. The van der Waals surface area contributed by atoms with Crippen molar-refractivity contribution in [1.29, 1.82) is 0 Å². The summed E-state index contributed by atoms with van der Waals surface area (Å²) < 4.78 is 36.1. The van der Waals surface area contributed by atoms with Crippen LogP contribution in [-0.4, -0.2) is 157 Å². The Balaban J connectivity index is 2.12. The molecule has 1 saturated heterocycles. The zero-order valence-electron chi connectivity index (χ0n) is 35.7. The molecule has 0 aromatic heterocycles. The Labute approximate surface area is 343 Å². The van der Waals surface area contributed by atoms with Crippen LogP contribution < -0.4 is 0 Å². The molecular weight excluding hydrogens is 752 g/mol. The molecule has 0 saturated carbocycles. The molecule has 0 aliphatic carbocycles. The van der Waals surface area contributed by atoms with E-state index in [1.807, 2.05) is 37.1 Å². The number of aliphatic hydroxyl groups excluding tert-OH is 3. The van der Waals surface area contributed by atoms with Crippen molar-refractivity contribution in [2.24, 2.45) is 11.8 Å². The van der Waals surface area contributed by atoms with Crippen molar-refractivity contribution in [2.75, 3.05) is 34.8 Å². The maximum absolute atomic E-state index is 13.7. The summed E-state index contributed by atoms with van der Waals surface area (Å²) >= 11 is 0. The minimum Gasteiger partial charge on any atom is -0.462 e. The van der Waals surface area contributed by atoms with Crippen LogP contribution in [0.2, 0.25) is 0 Å². The van der Waals surface area contributed by atoms with Gasteiger partial charge in [0.25, 0.3) is 0 Å². The highest BCUT2D eigenvalue weighted by Crippen LogP contribution is 2.34. The van der Waals surface area contributed by atoms with Gasteiger partial charge in [0, 0.05) is 33.3 Å². The molecule has 15 nitrogen and oxygen atoms in total. The molecule has 0 amide bonds. The molecule has 2 heterocycles. The number of ether oxygens (including phenoxy) is 6. The number of benzene rings is 1. The van der Waals surface area contributed by atoms with Crippen molar-refractivity contribution in [2.45, 2.75) is 153 Å². The summed E-state index contributed by atoms with van der Waals surface area (Å²) in [4.78, 5) is 55.2. The molecule has 2 aliphatic heterocycles. The third kappa shape index (κ3) is 14.5. The molecule has 15 heteroatoms. The van der Waals surface area contributed by atoms with Crippen LogP contribution in [0, 0.1) is 11.8 Å². The minimum absolute atomic E-state index is 0.0219. The van der Waals surface area contributed by atoms with Gasteiger partial charge in [0.1, 0.15) is 36.8 Å². The number of hydrogen-bond acceptors (Lipinski definition) is 15. The molecule has 328 valence electrons. The molecule has 14 atom stereocenters. The highest BCUT2D eigenvalue weighted by atomic mass is 16.7. The predicted molar refractivity (Wildman–Crippen MR) is 214 cm³/mol. The highest BCUT2D eigenvalue weighted by molar-refractivity contribution is 5.72. The summed E-state index contributed by atoms with van der Waals surface area (Å²) in [6.07, 6.45) is -5.29. The van der Waals surface area contributed by atoms with E-state index in [1.165, 1.54) is 19.6 Å². The van der Waals surface area contributed by atoms with Crippen LogP contribution in [-0.2, 0) is 54.0 Å². The molecule has 2 aliphatic rings. The molecule has 58 heavy (non-hydrogen) atoms. The summed E-state index contributed by atoms with van der Waals surface area (Å²) in [6, 6.07) is 8.71. The lowest BCUT2D eigenvalue weighted by molar-refractivity contribution is -0.310. The van der Waals surface area contributed by atoms with Gasteiger partial charge >= 0.3 is 17.9 Å². The Bertz CT molecular complexity index is 1450. The number of aliphatic hydroxyl groups is 3. The number of likely N-dealkylation sites (N-methyl/N-ethyl adjacent to an activating group) is 2. The molecular formula is C43H68N2O13. The number of methoxy groups -OCH3 is 1. The Hall–Kier alpha value is -3.28. The Morgan fingerprint density at radius 1 is 0.966 bits per heavy atom. The van der Waals surface area contributed by atoms with Gasteiger partial charge in [-0.3, -0.25) is 19.3 Å². The first-order valence-electron chi connectivity index (χ1n) is 20.5. The smallest absolute Gasteiger partial charge is 0.309 e. The largest absolute Gasteiger partial charge is 0.462 e. The van der Waals surface area contributed by atoms with Crippen LogP contribution >= 0.6 is 0 Å². The second-order valence-electron chi connectivity index (χ2n) is 16.0. The van der Waals surface area contributed by atoms with Gasteiger partial charge < -0.3 is 53.4 Å². The topological polar surface area (TPSA) is 191 Å². The fourth-order valence-electron chi connectivity index (χ4n) is 8.04. The predicted octanol–water partition coefficient (Wildman–Crippen LogP) is 2.84. The summed E-state index contributed by atoms with van der Waals surface area (Å²) in [6.45, 7) is 8.68. The summed E-state index contributed by atoms with van der Waals surface area (Å²) in [5.41, 5.74) is 1.19. The first kappa shape index (κ1) is 49.1. The maximum Gasteiger partial charge on any atom is 0.309 e. The van der Waals surface area contributed by atoms with E-state index in [0.29, 0.717) is 12.8 Å². The molecule has 3 rings (SSSR count). The van der Waals surface area contributed by atoms with Gasteiger partial charge in [-0.2, -0.15) is 0 Å². The van der Waals surface area contributed by atoms with Gasteiger partial charge in [-0.1, -0.05) is 50.3 Å². The molecule has 0 radical (unpaired) electrons. The second kappa shape index (κ2) is 24.1. The van der Waals surface area contributed by atoms with E-state index in [-0.39, 0.29) is 25.7 Å². The Morgan fingerprint density at radius 3 is 2.26 bits per heavy atom. The summed E-state index contributed by atoms with van der Waals surface area (Å²) in [7, 11) is 6.65. The van der Waals surface area contributed by atoms with E-state index >= 15 is 0 Å². The van der Waals surface area contributed by atoms with Gasteiger partial charge in [0.15, 0.2) is 6.29 Å². The average molecular weight is 821 g/mol. The number of nitrogens with zero attached hydrogens (tertiary/aromatic N) is 2. The van der Waals surface area contributed by atoms with E-state index in [0.717, 1.165) is 12.8 Å². The Morgan fingerprint density at radius 2 is 1.66 bits per heavy atom. The van der Waals surface area contributed by atoms with E-state index in [9.17, 15) is 34.5 Å². The third-order valence-corrected chi connectivity index (χ3v) is 11.1. The molecule has 2 unspecified atom stereocenters. The number of aldehydes is 1. The number of carbonyl (C=O) groups is 4. The van der Waals surface area contributed by atoms with Crippen molar-refractivity contribution in [3.05, 3.63) is 48.0 Å². The van der Waals surface area contributed by atoms with Crippen LogP contribution in [0.1, 0.15) is 78.7 Å². The lowest BCUT2D eigenvalue weighted by Crippen LogP contribution is -2.63. The number of hydrogen-bond donors (Lipinski definition) is 3. The van der Waals surface area contributed by atoms with Crippen LogP contribution in [0.15, 0.2) is 42.5 Å². The van der Waals surface area contributed by atoms with Gasteiger partial charge in [0.2, 0.25) is 0 Å². The van der Waals surface area contributed by atoms with Crippen molar-refractivity contribution < 1.29 is 62.9 Å². The SMILES string of the molecule is CCC(=O)O[C@@H]1CC(=O)O[C@H](C)CC(O)C(N(C)CCCc2ccccc2)/C=C/[C@H](OC(C)=O)[C@H](C)C[C@H](CC=O)[C@H](O[C@@H]2O[C@H](C)[C@@H](O)[C@H](N(C)C)[C@H]2O)[C@H]1OC. The highest BCUT2D eigenvalue weighted by Gasteiger charge is 2.49. The Kier molecular flexibility index (Phi) is 20.4. The monoisotopic (exact) mass is 820 g/mol. The second-order valence-corrected chi connectivity index (χ2v) is 16.0. The summed E-state index contributed by atoms with van der Waals surface area (Å²) in [5, 5.41) is 34.1. The first-order valence-corrected chi connectivity index (χ1v) is 20.5. The third-order valence-electron chi connectivity index (χ3n) is 11.1. The zero-order chi connectivity index (χ0) is 43.1. The quantitative estimate of drug-likeness (QED) is 0.107. The number of cyclic esters (lactones) is 1. The summed E-state index contributed by atoms with van der Waals surface area (Å²) in [5.74, 6) is -3.10. The van der Waals surface area contributed by atoms with E-state index in [4.69, 9.17) is 28.4 Å². The zero-order valence-corrected chi connectivity index (χ0v) is 35.7. The van der Waals surface area contributed by atoms with Crippen molar-refractivity contribution in [3.63, 3.8) is 0 Å². The van der Waals surface area contributed by atoms with Gasteiger partial charge in [0.05, 0.1) is 42.9 Å². The molecule has 1 fully saturated rings. The fourth-order valence-corrected chi connectivity index (χ4v) is 8.04. The standard InChI is InChI=1S/C43H68N2O13/c1-10-36(49)57-35-25-37(50)54-27(3)24-33(48)32(45(8)21-14-17-30-15-12-11-13-16-30)18-19-34(56-29(5)47)26(2)23-31(20-22-46)41(42(35)53-9)58-43-40(52)38(44(6)7)39(51)28(4)55-43/h11-13,15-16,18-19,22,26-28,31-35,38-43,48,51-52H,10,14,17,20-21,23-25H2,1-9H3/b19-18+/t26-,27-,28-,31+,32?,33?,34+,35-,38+,39-,40-,41+,42+,43+/m1/s1. The normalized spacial score (nSPS) is 34.9. The van der Waals surface area contributed by atoms with E-state index in [2.05, 4.69) is 12.1 Å². The van der Waals surface area contributed by atoms with Crippen molar-refractivity contribution in [1.82, 2.24) is 9.80 Å². The van der Waals surface area contributed by atoms with Crippen molar-refractivity contribution >= 4 is 24.2 Å². The van der Waals surface area contributed by atoms with Crippen molar-refractivity contribution in [3.8, 4) is 0 Å². The van der Waals surface area contributed by atoms with Gasteiger partial charge in [-0.25, -0.2) is 0 Å². The van der Waals surface area contributed by atoms with Crippen LogP contribution in [0.5, 0.6) is 0 Å². The molecule has 0 bridgehead atoms. The molecule has 1 aromatic carbocycles. The molecule has 0 spiro atoms. The van der Waals surface area contributed by atoms with Gasteiger partial charge in [-0.05, 0) is 84.3 Å².